The summed E-state index contributed by atoms with van der Waals surface area (Å²) in [7, 11) is 0. The quantitative estimate of drug-likeness (QED) is 0.593. The van der Waals surface area contributed by atoms with E-state index < -0.39 is 6.08 Å². The van der Waals surface area contributed by atoms with Crippen LogP contribution in [-0.2, 0) is 0 Å². The van der Waals surface area contributed by atoms with Crippen LogP contribution in [-0.4, -0.2) is 0 Å². The van der Waals surface area contributed by atoms with Crippen LogP contribution in [0.3, 0.4) is 0 Å². The zero-order chi connectivity index (χ0) is 5.15. The summed E-state index contributed by atoms with van der Waals surface area (Å²) in [5, 5.41) is 0. The van der Waals surface area contributed by atoms with E-state index in [-0.39, 0.29) is 2.49 Å². The molecule has 0 saturated carbocycles. The van der Waals surface area contributed by atoms with Gasteiger partial charge in [-0.3, -0.25) is 0 Å². The molecule has 0 radical (unpaired) electrons. The Hall–Kier alpha value is 0.810. The standard InChI is InChI=1S/C2BrF2I/c3-1(6)2(4)5. The van der Waals surface area contributed by atoms with Gasteiger partial charge >= 0.3 is 0 Å². The summed E-state index contributed by atoms with van der Waals surface area (Å²) in [6.07, 6.45) is -1.67. The fraction of sp³-hybridized carbons (Fsp3) is 0. The van der Waals surface area contributed by atoms with E-state index in [1.165, 1.54) is 22.6 Å². The maximum absolute atomic E-state index is 11.0. The minimum Gasteiger partial charge on any atom is -0.172 e. The zero-order valence-corrected chi connectivity index (χ0v) is 6.26. The van der Waals surface area contributed by atoms with Gasteiger partial charge in [-0.2, -0.15) is 8.78 Å². The Morgan fingerprint density at radius 3 is 1.67 bits per heavy atom. The Morgan fingerprint density at radius 1 is 1.50 bits per heavy atom. The average Bonchev–Trinajstić information content (AvgIpc) is 1.36. The first-order chi connectivity index (χ1) is 2.64. The van der Waals surface area contributed by atoms with Crippen molar-refractivity contribution >= 4 is 38.5 Å². The summed E-state index contributed by atoms with van der Waals surface area (Å²) in [4.78, 5) is 0. The van der Waals surface area contributed by atoms with Crippen LogP contribution in [0.5, 0.6) is 0 Å². The maximum atomic E-state index is 11.0. The second-order valence-electron chi connectivity index (χ2n) is 0.521. The summed E-state index contributed by atoms with van der Waals surface area (Å²) in [6.45, 7) is 0. The van der Waals surface area contributed by atoms with Gasteiger partial charge in [-0.1, -0.05) is 0 Å². The minimum absolute atomic E-state index is 0.125. The molecule has 0 unspecified atom stereocenters. The Labute approximate surface area is 55.9 Å². The normalized spacial score (nSPS) is 8.00. The van der Waals surface area contributed by atoms with Crippen LogP contribution in [0.1, 0.15) is 0 Å². The highest BCUT2D eigenvalue weighted by Gasteiger charge is 1.91. The van der Waals surface area contributed by atoms with Gasteiger partial charge in [0.1, 0.15) is 2.49 Å². The highest BCUT2D eigenvalue weighted by atomic mass is 127. The lowest BCUT2D eigenvalue weighted by Gasteiger charge is -1.73. The molecule has 0 amide bonds. The number of halogens is 4. The van der Waals surface area contributed by atoms with E-state index in [9.17, 15) is 8.78 Å². The Bertz CT molecular complexity index is 61.6. The lowest BCUT2D eigenvalue weighted by atomic mass is 11.2. The summed E-state index contributed by atoms with van der Waals surface area (Å²) < 4.78 is 21.8. The van der Waals surface area contributed by atoms with Gasteiger partial charge in [-0.15, -0.1) is 0 Å². The van der Waals surface area contributed by atoms with Gasteiger partial charge in [0, 0.05) is 0 Å². The van der Waals surface area contributed by atoms with E-state index in [2.05, 4.69) is 15.9 Å². The van der Waals surface area contributed by atoms with Crippen LogP contribution in [0.15, 0.2) is 8.57 Å². The molecule has 0 aromatic carbocycles. The summed E-state index contributed by atoms with van der Waals surface area (Å²) in [5.41, 5.74) is 0. The number of hydrogen-bond donors (Lipinski definition) is 0. The van der Waals surface area contributed by atoms with Crippen molar-refractivity contribution in [3.8, 4) is 0 Å². The van der Waals surface area contributed by atoms with Crippen LogP contribution in [0.2, 0.25) is 0 Å². The SMILES string of the molecule is FC(F)=C(Br)I. The molecule has 4 heteroatoms. The van der Waals surface area contributed by atoms with Crippen molar-refractivity contribution in [3.63, 3.8) is 0 Å². The summed E-state index contributed by atoms with van der Waals surface area (Å²) in [6, 6.07) is 0. The lowest BCUT2D eigenvalue weighted by molar-refractivity contribution is 0.424. The molecule has 0 N–H and O–H groups in total. The molecule has 0 aliphatic heterocycles. The van der Waals surface area contributed by atoms with Gasteiger partial charge in [-0.05, 0) is 38.5 Å². The molecule has 0 fully saturated rings. The van der Waals surface area contributed by atoms with Gasteiger partial charge in [0.05, 0.1) is 0 Å². The molecule has 36 valence electrons. The number of rotatable bonds is 0. The summed E-state index contributed by atoms with van der Waals surface area (Å²) in [5.74, 6) is 0. The molecule has 0 saturated heterocycles. The molecule has 0 spiro atoms. The van der Waals surface area contributed by atoms with Crippen molar-refractivity contribution in [2.75, 3.05) is 0 Å². The van der Waals surface area contributed by atoms with Crippen LogP contribution in [0.25, 0.3) is 0 Å². The average molecular weight is 269 g/mol. The summed E-state index contributed by atoms with van der Waals surface area (Å²) >= 11 is 4.03. The first-order valence-corrected chi connectivity index (χ1v) is 2.88. The van der Waals surface area contributed by atoms with Gasteiger partial charge in [0.2, 0.25) is 0 Å². The third-order valence-electron chi connectivity index (χ3n) is 0.143. The molecular weight excluding hydrogens is 269 g/mol. The fourth-order valence-corrected chi connectivity index (χ4v) is 0. The van der Waals surface area contributed by atoms with Gasteiger partial charge in [0.15, 0.2) is 0 Å². The molecule has 0 heterocycles. The fourth-order valence-electron chi connectivity index (χ4n) is 0. The molecule has 0 aliphatic carbocycles. The molecule has 0 rings (SSSR count). The molecule has 6 heavy (non-hydrogen) atoms. The largest absolute Gasteiger partial charge is 0.290 e. The van der Waals surface area contributed by atoms with Crippen molar-refractivity contribution in [3.05, 3.63) is 8.57 Å². The van der Waals surface area contributed by atoms with E-state index in [0.29, 0.717) is 0 Å². The second-order valence-corrected chi connectivity index (χ2v) is 3.88. The first kappa shape index (κ1) is 6.81. The molecule has 0 aromatic rings. The van der Waals surface area contributed by atoms with Crippen molar-refractivity contribution in [1.29, 1.82) is 0 Å². The maximum Gasteiger partial charge on any atom is 0.290 e. The topological polar surface area (TPSA) is 0 Å². The van der Waals surface area contributed by atoms with E-state index in [0.717, 1.165) is 0 Å². The van der Waals surface area contributed by atoms with Crippen LogP contribution >= 0.6 is 38.5 Å². The predicted octanol–water partition coefficient (Wildman–Crippen LogP) is 2.88. The minimum atomic E-state index is -1.67. The smallest absolute Gasteiger partial charge is 0.172 e. The van der Waals surface area contributed by atoms with Gasteiger partial charge in [-0.25, -0.2) is 0 Å². The van der Waals surface area contributed by atoms with Gasteiger partial charge < -0.3 is 0 Å². The molecule has 0 bridgehead atoms. The Balaban J connectivity index is 3.68. The first-order valence-electron chi connectivity index (χ1n) is 1.01. The molecule has 0 nitrogen and oxygen atoms in total. The van der Waals surface area contributed by atoms with Crippen LogP contribution in [0.4, 0.5) is 8.78 Å². The molecule has 0 aliphatic rings. The molecular formula is C2BrF2I. The highest BCUT2D eigenvalue weighted by molar-refractivity contribution is 14.1. The molecule has 0 atom stereocenters. The predicted molar refractivity (Wildman–Crippen MR) is 32.2 cm³/mol. The highest BCUT2D eigenvalue weighted by Crippen LogP contribution is 2.20. The van der Waals surface area contributed by atoms with Crippen molar-refractivity contribution < 1.29 is 8.78 Å². The number of hydrogen-bond acceptors (Lipinski definition) is 0. The van der Waals surface area contributed by atoms with Crippen molar-refractivity contribution in [1.82, 2.24) is 0 Å². The van der Waals surface area contributed by atoms with E-state index >= 15 is 0 Å². The third-order valence-corrected chi connectivity index (χ3v) is 0.850. The molecule has 0 aromatic heterocycles. The second kappa shape index (κ2) is 2.90. The van der Waals surface area contributed by atoms with Crippen LogP contribution in [0, 0.1) is 0 Å². The van der Waals surface area contributed by atoms with Gasteiger partial charge in [0.25, 0.3) is 6.08 Å². The van der Waals surface area contributed by atoms with E-state index in [1.54, 1.807) is 0 Å². The Kier molecular flexibility index (Phi) is 3.29. The Morgan fingerprint density at radius 2 is 1.67 bits per heavy atom. The monoisotopic (exact) mass is 268 g/mol. The zero-order valence-electron chi connectivity index (χ0n) is 2.51. The van der Waals surface area contributed by atoms with Crippen molar-refractivity contribution in [2.45, 2.75) is 0 Å². The third kappa shape index (κ3) is 3.02. The van der Waals surface area contributed by atoms with Crippen LogP contribution < -0.4 is 0 Å². The van der Waals surface area contributed by atoms with E-state index in [1.807, 2.05) is 0 Å². The lowest BCUT2D eigenvalue weighted by Crippen LogP contribution is -1.50. The van der Waals surface area contributed by atoms with E-state index in [4.69, 9.17) is 0 Å². The van der Waals surface area contributed by atoms with Crippen molar-refractivity contribution in [2.24, 2.45) is 0 Å².